The maximum atomic E-state index is 10.7. The van der Waals surface area contributed by atoms with Crippen LogP contribution in [0.3, 0.4) is 0 Å². The molecule has 0 aliphatic heterocycles. The molecule has 0 aromatic heterocycles. The van der Waals surface area contributed by atoms with Crippen LogP contribution in [0, 0.1) is 0 Å². The van der Waals surface area contributed by atoms with Crippen LogP contribution in [-0.4, -0.2) is 17.9 Å². The van der Waals surface area contributed by atoms with E-state index in [1.165, 1.54) is 0 Å². The lowest BCUT2D eigenvalue weighted by molar-refractivity contribution is 0.143. The van der Waals surface area contributed by atoms with E-state index < -0.39 is 6.16 Å². The molecule has 0 fully saturated rings. The maximum absolute atomic E-state index is 10.7. The molecule has 0 radical (unpaired) electrons. The molecule has 4 nitrogen and oxygen atoms in total. The Bertz CT molecular complexity index is 548. The second-order valence-electron chi connectivity index (χ2n) is 3.41. The van der Waals surface area contributed by atoms with Crippen LogP contribution in [-0.2, 0) is 0 Å². The van der Waals surface area contributed by atoms with Crippen molar-refractivity contribution in [3.8, 4) is 11.5 Å². The topological polar surface area (TPSA) is 55.8 Å². The summed E-state index contributed by atoms with van der Waals surface area (Å²) in [4.78, 5) is 10.7. The van der Waals surface area contributed by atoms with E-state index in [-0.39, 0.29) is 5.75 Å². The monoisotopic (exact) mass is 232 g/mol. The van der Waals surface area contributed by atoms with Crippen LogP contribution < -0.4 is 9.47 Å². The van der Waals surface area contributed by atoms with Gasteiger partial charge < -0.3 is 14.6 Å². The zero-order chi connectivity index (χ0) is 12.3. The Morgan fingerprint density at radius 2 is 2.00 bits per heavy atom. The predicted molar refractivity (Wildman–Crippen MR) is 63.8 cm³/mol. The fourth-order valence-electron chi connectivity index (χ4n) is 1.68. The molecule has 0 saturated carbocycles. The van der Waals surface area contributed by atoms with Crippen LogP contribution in [0.4, 0.5) is 4.79 Å². The summed E-state index contributed by atoms with van der Waals surface area (Å²) in [5.74, 6) is 0.686. The maximum Gasteiger partial charge on any atom is 0.511 e. The molecule has 0 unspecified atom stereocenters. The molecule has 0 aliphatic rings. The minimum absolute atomic E-state index is 0.248. The fraction of sp³-hybridized carbons (Fsp3) is 0.154. The second-order valence-corrected chi connectivity index (χ2v) is 3.41. The number of benzene rings is 2. The Balaban J connectivity index is 2.61. The molecule has 0 heterocycles. The number of hydrogen-bond donors (Lipinski definition) is 1. The Kier molecular flexibility index (Phi) is 3.14. The Labute approximate surface area is 98.4 Å². The molecule has 0 bridgehead atoms. The van der Waals surface area contributed by atoms with Gasteiger partial charge in [0.05, 0.1) is 6.61 Å². The van der Waals surface area contributed by atoms with Crippen molar-refractivity contribution in [1.29, 1.82) is 0 Å². The molecule has 0 saturated heterocycles. The van der Waals surface area contributed by atoms with E-state index in [4.69, 9.17) is 14.6 Å². The van der Waals surface area contributed by atoms with Gasteiger partial charge in [-0.25, -0.2) is 4.79 Å². The molecule has 17 heavy (non-hydrogen) atoms. The van der Waals surface area contributed by atoms with Crippen LogP contribution in [0.25, 0.3) is 10.8 Å². The van der Waals surface area contributed by atoms with E-state index in [2.05, 4.69) is 0 Å². The Morgan fingerprint density at radius 1 is 1.24 bits per heavy atom. The highest BCUT2D eigenvalue weighted by Gasteiger charge is 2.13. The summed E-state index contributed by atoms with van der Waals surface area (Å²) in [6, 6.07) is 11.0. The highest BCUT2D eigenvalue weighted by atomic mass is 16.7. The molecule has 0 aliphatic carbocycles. The van der Waals surface area contributed by atoms with Gasteiger partial charge in [0, 0.05) is 5.39 Å². The van der Waals surface area contributed by atoms with Crippen LogP contribution in [0.5, 0.6) is 11.5 Å². The second kappa shape index (κ2) is 4.74. The molecule has 0 spiro atoms. The molecular weight excluding hydrogens is 220 g/mol. The van der Waals surface area contributed by atoms with Crippen LogP contribution in [0.2, 0.25) is 0 Å². The summed E-state index contributed by atoms with van der Waals surface area (Å²) in [5, 5.41) is 10.4. The first-order valence-electron chi connectivity index (χ1n) is 5.27. The zero-order valence-corrected chi connectivity index (χ0v) is 9.34. The summed E-state index contributed by atoms with van der Waals surface area (Å²) < 4.78 is 10.2. The van der Waals surface area contributed by atoms with Gasteiger partial charge in [0.15, 0.2) is 11.5 Å². The van der Waals surface area contributed by atoms with Crippen molar-refractivity contribution < 1.29 is 19.4 Å². The van der Waals surface area contributed by atoms with E-state index in [9.17, 15) is 4.79 Å². The predicted octanol–water partition coefficient (Wildman–Crippen LogP) is 3.30. The highest BCUT2D eigenvalue weighted by Crippen LogP contribution is 2.35. The zero-order valence-electron chi connectivity index (χ0n) is 9.34. The van der Waals surface area contributed by atoms with Gasteiger partial charge in [-0.3, -0.25) is 0 Å². The first kappa shape index (κ1) is 11.3. The minimum Gasteiger partial charge on any atom is -0.490 e. The van der Waals surface area contributed by atoms with Crippen LogP contribution >= 0.6 is 0 Å². The summed E-state index contributed by atoms with van der Waals surface area (Å²) in [6.45, 7) is 2.29. The van der Waals surface area contributed by atoms with Crippen molar-refractivity contribution in [3.63, 3.8) is 0 Å². The summed E-state index contributed by atoms with van der Waals surface area (Å²) in [6.07, 6.45) is -1.35. The van der Waals surface area contributed by atoms with Gasteiger partial charge in [0.1, 0.15) is 0 Å². The van der Waals surface area contributed by atoms with Crippen molar-refractivity contribution >= 4 is 16.9 Å². The first-order chi connectivity index (χ1) is 8.22. The standard InChI is InChI=1S/C13H12O4/c1-2-16-11-8-7-9-5-3-4-6-10(9)12(11)17-13(14)15/h3-8H,2H2,1H3,(H,14,15). The molecule has 2 aromatic carbocycles. The molecule has 2 rings (SSSR count). The number of carbonyl (C=O) groups is 1. The lowest BCUT2D eigenvalue weighted by Gasteiger charge is -2.11. The van der Waals surface area contributed by atoms with Gasteiger partial charge >= 0.3 is 6.16 Å². The van der Waals surface area contributed by atoms with Gasteiger partial charge in [-0.2, -0.15) is 0 Å². The molecule has 88 valence electrons. The summed E-state index contributed by atoms with van der Waals surface area (Å²) >= 11 is 0. The van der Waals surface area contributed by atoms with Crippen molar-refractivity contribution in [3.05, 3.63) is 36.4 Å². The van der Waals surface area contributed by atoms with Gasteiger partial charge in [-0.1, -0.05) is 30.3 Å². The number of rotatable bonds is 3. The van der Waals surface area contributed by atoms with E-state index >= 15 is 0 Å². The normalized spacial score (nSPS) is 10.2. The number of carboxylic acid groups (broad SMARTS) is 1. The highest BCUT2D eigenvalue weighted by molar-refractivity contribution is 5.92. The van der Waals surface area contributed by atoms with Gasteiger partial charge in [0.2, 0.25) is 0 Å². The van der Waals surface area contributed by atoms with Crippen LogP contribution in [0.1, 0.15) is 6.92 Å². The number of hydrogen-bond acceptors (Lipinski definition) is 3. The van der Waals surface area contributed by atoms with Crippen molar-refractivity contribution in [2.45, 2.75) is 6.92 Å². The van der Waals surface area contributed by atoms with Crippen LogP contribution in [0.15, 0.2) is 36.4 Å². The van der Waals surface area contributed by atoms with Gasteiger partial charge in [-0.15, -0.1) is 0 Å². The minimum atomic E-state index is -1.35. The SMILES string of the molecule is CCOc1ccc2ccccc2c1OC(=O)O. The third-order valence-electron chi connectivity index (χ3n) is 2.33. The summed E-state index contributed by atoms with van der Waals surface area (Å²) in [7, 11) is 0. The number of ether oxygens (including phenoxy) is 2. The van der Waals surface area contributed by atoms with Crippen molar-refractivity contribution in [1.82, 2.24) is 0 Å². The Morgan fingerprint density at radius 3 is 2.71 bits per heavy atom. The molecule has 0 amide bonds. The molecule has 1 N–H and O–H groups in total. The van der Waals surface area contributed by atoms with E-state index in [0.717, 1.165) is 10.8 Å². The van der Waals surface area contributed by atoms with Gasteiger partial charge in [0.25, 0.3) is 0 Å². The number of fused-ring (bicyclic) bond motifs is 1. The van der Waals surface area contributed by atoms with E-state index in [0.29, 0.717) is 12.4 Å². The fourth-order valence-corrected chi connectivity index (χ4v) is 1.68. The first-order valence-corrected chi connectivity index (χ1v) is 5.27. The van der Waals surface area contributed by atoms with E-state index in [1.54, 1.807) is 12.1 Å². The molecule has 2 aromatic rings. The van der Waals surface area contributed by atoms with Gasteiger partial charge in [-0.05, 0) is 18.4 Å². The molecule has 4 heteroatoms. The molecule has 0 atom stereocenters. The largest absolute Gasteiger partial charge is 0.511 e. The molecular formula is C13H12O4. The van der Waals surface area contributed by atoms with E-state index in [1.807, 2.05) is 31.2 Å². The van der Waals surface area contributed by atoms with Crippen molar-refractivity contribution in [2.75, 3.05) is 6.61 Å². The third kappa shape index (κ3) is 2.30. The third-order valence-corrected chi connectivity index (χ3v) is 2.33. The quantitative estimate of drug-likeness (QED) is 0.651. The average molecular weight is 232 g/mol. The van der Waals surface area contributed by atoms with Crippen molar-refractivity contribution in [2.24, 2.45) is 0 Å². The Hall–Kier alpha value is -2.23. The smallest absolute Gasteiger partial charge is 0.490 e. The summed E-state index contributed by atoms with van der Waals surface area (Å²) in [5.41, 5.74) is 0. The lowest BCUT2D eigenvalue weighted by Crippen LogP contribution is -2.05. The average Bonchev–Trinajstić information content (AvgIpc) is 2.32. The lowest BCUT2D eigenvalue weighted by atomic mass is 10.1.